The second-order valence-electron chi connectivity index (χ2n) is 7.58. The number of unbranched alkanes of at least 4 members (excludes halogenated alkanes) is 13. The van der Waals surface area contributed by atoms with E-state index in [4.69, 9.17) is 10.00 Å². The first-order chi connectivity index (χ1) is 13.3. The van der Waals surface area contributed by atoms with Crippen molar-refractivity contribution in [2.75, 3.05) is 0 Å². The molecule has 1 atom stereocenters. The second kappa shape index (κ2) is 16.6. The Balaban J connectivity index is 1.86. The summed E-state index contributed by atoms with van der Waals surface area (Å²) < 4.78 is 5.80. The molecule has 0 saturated heterocycles. The molecule has 1 aromatic rings. The fraction of sp³-hybridized carbons (Fsp3) is 0.708. The van der Waals surface area contributed by atoms with Gasteiger partial charge in [0.2, 0.25) is 0 Å². The third kappa shape index (κ3) is 13.3. The Morgan fingerprint density at radius 2 is 1.48 bits per heavy atom. The molecule has 0 aromatic carbocycles. The molecule has 1 radical (unpaired) electrons. The van der Waals surface area contributed by atoms with E-state index in [1.807, 2.05) is 6.07 Å². The van der Waals surface area contributed by atoms with Crippen LogP contribution in [-0.4, -0.2) is 11.1 Å². The summed E-state index contributed by atoms with van der Waals surface area (Å²) in [6.07, 6.45) is 23.1. The fourth-order valence-corrected chi connectivity index (χ4v) is 3.29. The number of nitriles is 1. The molecule has 1 rings (SSSR count). The predicted octanol–water partition coefficient (Wildman–Crippen LogP) is 7.41. The van der Waals surface area contributed by atoms with Crippen molar-refractivity contribution >= 4 is 0 Å². The first-order valence-electron chi connectivity index (χ1n) is 11.1. The van der Waals surface area contributed by atoms with Gasteiger partial charge in [-0.1, -0.05) is 90.4 Å². The van der Waals surface area contributed by atoms with Crippen LogP contribution in [0.1, 0.15) is 109 Å². The van der Waals surface area contributed by atoms with E-state index in [2.05, 4.69) is 25.3 Å². The van der Waals surface area contributed by atoms with Gasteiger partial charge in [0.25, 0.3) is 0 Å². The van der Waals surface area contributed by atoms with Crippen molar-refractivity contribution in [1.82, 2.24) is 4.98 Å². The van der Waals surface area contributed by atoms with Crippen LogP contribution in [0.2, 0.25) is 0 Å². The minimum absolute atomic E-state index is 0.0806. The smallest absolute Gasteiger partial charge is 0.140 e. The normalized spacial score (nSPS) is 11.9. The van der Waals surface area contributed by atoms with Gasteiger partial charge in [0.1, 0.15) is 17.5 Å². The average molecular weight is 372 g/mol. The summed E-state index contributed by atoms with van der Waals surface area (Å²) in [4.78, 5) is 4.02. The minimum Gasteiger partial charge on any atom is -0.489 e. The minimum atomic E-state index is 0.0806. The van der Waals surface area contributed by atoms with Crippen LogP contribution in [0.3, 0.4) is 0 Å². The van der Waals surface area contributed by atoms with Gasteiger partial charge in [0.05, 0.1) is 12.3 Å². The Morgan fingerprint density at radius 3 is 1.96 bits per heavy atom. The largest absolute Gasteiger partial charge is 0.489 e. The van der Waals surface area contributed by atoms with E-state index >= 15 is 0 Å². The maximum absolute atomic E-state index is 8.75. The van der Waals surface area contributed by atoms with Crippen molar-refractivity contribution in [1.29, 1.82) is 5.26 Å². The zero-order valence-corrected chi connectivity index (χ0v) is 17.6. The lowest BCUT2D eigenvalue weighted by atomic mass is 10.0. The van der Waals surface area contributed by atoms with Gasteiger partial charge in [-0.3, -0.25) is 0 Å². The molecular weight excluding hydrogens is 332 g/mol. The topological polar surface area (TPSA) is 45.9 Å². The molecule has 0 fully saturated rings. The third-order valence-electron chi connectivity index (χ3n) is 4.98. The quantitative estimate of drug-likeness (QED) is 0.268. The van der Waals surface area contributed by atoms with E-state index in [0.717, 1.165) is 12.2 Å². The Hall–Kier alpha value is -1.56. The molecule has 3 nitrogen and oxygen atoms in total. The molecule has 3 heteroatoms. The lowest BCUT2D eigenvalue weighted by molar-refractivity contribution is 0.247. The van der Waals surface area contributed by atoms with Crippen LogP contribution >= 0.6 is 0 Å². The summed E-state index contributed by atoms with van der Waals surface area (Å²) in [5, 5.41) is 8.75. The number of ether oxygens (including phenoxy) is 1. The molecule has 0 aliphatic heterocycles. The molecule has 1 heterocycles. The zero-order valence-electron chi connectivity index (χ0n) is 17.6. The van der Waals surface area contributed by atoms with Gasteiger partial charge in [-0.05, 0) is 25.5 Å². The molecule has 0 bridgehead atoms. The van der Waals surface area contributed by atoms with Crippen molar-refractivity contribution < 1.29 is 4.74 Å². The van der Waals surface area contributed by atoms with Crippen LogP contribution in [0.15, 0.2) is 18.3 Å². The van der Waals surface area contributed by atoms with Gasteiger partial charge in [-0.15, -0.1) is 0 Å². The van der Waals surface area contributed by atoms with Crippen molar-refractivity contribution in [3.8, 4) is 11.8 Å². The van der Waals surface area contributed by atoms with Crippen LogP contribution in [0, 0.1) is 17.8 Å². The zero-order chi connectivity index (χ0) is 19.6. The summed E-state index contributed by atoms with van der Waals surface area (Å²) in [5.74, 6) is 0.725. The van der Waals surface area contributed by atoms with Crippen molar-refractivity contribution in [3.05, 3.63) is 30.4 Å². The number of rotatable bonds is 17. The Labute approximate surface area is 167 Å². The predicted molar refractivity (Wildman–Crippen MR) is 114 cm³/mol. The summed E-state index contributed by atoms with van der Waals surface area (Å²) in [6, 6.07) is 5.51. The van der Waals surface area contributed by atoms with E-state index in [1.165, 1.54) is 83.5 Å². The Bertz CT molecular complexity index is 492. The maximum Gasteiger partial charge on any atom is 0.140 e. The van der Waals surface area contributed by atoms with Crippen LogP contribution in [0.4, 0.5) is 0 Å². The van der Waals surface area contributed by atoms with Gasteiger partial charge in [0.15, 0.2) is 0 Å². The first-order valence-corrected chi connectivity index (χ1v) is 11.1. The number of hydrogen-bond acceptors (Lipinski definition) is 3. The van der Waals surface area contributed by atoms with Crippen LogP contribution in [-0.2, 0) is 0 Å². The molecule has 0 saturated carbocycles. The van der Waals surface area contributed by atoms with E-state index in [0.29, 0.717) is 5.69 Å². The second-order valence-corrected chi connectivity index (χ2v) is 7.58. The standard InChI is InChI=1S/C24H39N2O/c1-3-4-5-6-7-8-9-10-11-12-13-14-15-16-17-22(2)27-24-19-18-23(20-25)26-21-24/h17-19,21-22H,3-16H2,1-2H3/t22-/m0/s1. The number of nitrogens with zero attached hydrogens (tertiary/aromatic N) is 2. The highest BCUT2D eigenvalue weighted by Gasteiger charge is 2.05. The summed E-state index contributed by atoms with van der Waals surface area (Å²) in [7, 11) is 0. The van der Waals surface area contributed by atoms with Gasteiger partial charge in [-0.2, -0.15) is 5.26 Å². The Morgan fingerprint density at radius 1 is 0.926 bits per heavy atom. The number of pyridine rings is 1. The summed E-state index contributed by atoms with van der Waals surface area (Å²) >= 11 is 0. The summed E-state index contributed by atoms with van der Waals surface area (Å²) in [6.45, 7) is 4.34. The molecule has 0 spiro atoms. The van der Waals surface area contributed by atoms with Gasteiger partial charge in [0, 0.05) is 6.42 Å². The highest BCUT2D eigenvalue weighted by Crippen LogP contribution is 2.16. The van der Waals surface area contributed by atoms with Crippen LogP contribution in [0.25, 0.3) is 0 Å². The van der Waals surface area contributed by atoms with Gasteiger partial charge >= 0.3 is 0 Å². The third-order valence-corrected chi connectivity index (χ3v) is 4.98. The van der Waals surface area contributed by atoms with Gasteiger partial charge in [-0.25, -0.2) is 4.98 Å². The monoisotopic (exact) mass is 371 g/mol. The molecule has 151 valence electrons. The lowest BCUT2D eigenvalue weighted by Crippen LogP contribution is -2.12. The first kappa shape index (κ1) is 23.5. The molecule has 0 unspecified atom stereocenters. The van der Waals surface area contributed by atoms with Gasteiger partial charge < -0.3 is 4.74 Å². The Kier molecular flexibility index (Phi) is 14.4. The molecule has 27 heavy (non-hydrogen) atoms. The maximum atomic E-state index is 8.75. The van der Waals surface area contributed by atoms with Crippen LogP contribution < -0.4 is 4.74 Å². The average Bonchev–Trinajstić information content (AvgIpc) is 2.69. The summed E-state index contributed by atoms with van der Waals surface area (Å²) in [5.41, 5.74) is 0.422. The van der Waals surface area contributed by atoms with Crippen LogP contribution in [0.5, 0.6) is 5.75 Å². The van der Waals surface area contributed by atoms with Crippen molar-refractivity contribution in [2.45, 2.75) is 110 Å². The molecular formula is C24H39N2O. The molecule has 0 aliphatic rings. The van der Waals surface area contributed by atoms with E-state index in [1.54, 1.807) is 18.3 Å². The molecule has 1 aromatic heterocycles. The molecule has 0 amide bonds. The highest BCUT2D eigenvalue weighted by atomic mass is 16.5. The fourth-order valence-electron chi connectivity index (χ4n) is 3.29. The van der Waals surface area contributed by atoms with E-state index in [9.17, 15) is 0 Å². The SMILES string of the molecule is CCCCCCCCCCCCCCC[CH][C@H](C)Oc1ccc(C#N)nc1. The van der Waals surface area contributed by atoms with E-state index in [-0.39, 0.29) is 6.10 Å². The van der Waals surface area contributed by atoms with E-state index < -0.39 is 0 Å². The molecule has 0 aliphatic carbocycles. The number of aromatic nitrogens is 1. The number of hydrogen-bond donors (Lipinski definition) is 0. The lowest BCUT2D eigenvalue weighted by Gasteiger charge is -2.13. The molecule has 0 N–H and O–H groups in total. The van der Waals surface area contributed by atoms with Crippen molar-refractivity contribution in [3.63, 3.8) is 0 Å². The van der Waals surface area contributed by atoms with Crippen molar-refractivity contribution in [2.24, 2.45) is 0 Å². The highest BCUT2D eigenvalue weighted by molar-refractivity contribution is 5.26.